The molecule has 2 heterocycles. The van der Waals surface area contributed by atoms with Crippen LogP contribution in [0.5, 0.6) is 5.75 Å². The number of rotatable bonds is 9. The Kier molecular flexibility index (Phi) is 9.21. The molecule has 4 rings (SSSR count). The van der Waals surface area contributed by atoms with Crippen molar-refractivity contribution in [3.05, 3.63) is 57.6 Å². The zero-order valence-electron chi connectivity index (χ0n) is 22.7. The summed E-state index contributed by atoms with van der Waals surface area (Å²) in [6.07, 6.45) is 2.58. The van der Waals surface area contributed by atoms with Crippen molar-refractivity contribution in [2.75, 3.05) is 44.6 Å². The lowest BCUT2D eigenvalue weighted by Crippen LogP contribution is -2.50. The van der Waals surface area contributed by atoms with Crippen LogP contribution in [0.25, 0.3) is 10.9 Å². The number of carbonyl (C=O) groups is 1. The molecule has 13 heteroatoms. The number of benzene rings is 2. The molecule has 1 N–H and O–H groups in total. The molecule has 1 amide bonds. The standard InChI is InChI=1S/C27H32ClFN6O5/c1-27(2,3)40-26(36)34-11-9-33(10-12-34)8-4-5-13-39-24-16-22-19(15-23(24)35(37)38)25(31-17-30-22)32-18-6-7-21(29)20(28)14-18/h6-7,14-17H,4-5,8-13H2,1-3H3,(H,30,31,32). The van der Waals surface area contributed by atoms with Gasteiger partial charge in [-0.15, -0.1) is 0 Å². The van der Waals surface area contributed by atoms with E-state index in [0.29, 0.717) is 48.5 Å². The number of amides is 1. The van der Waals surface area contributed by atoms with Gasteiger partial charge in [-0.05, 0) is 58.4 Å². The summed E-state index contributed by atoms with van der Waals surface area (Å²) in [7, 11) is 0. The van der Waals surface area contributed by atoms with E-state index in [1.54, 1.807) is 4.90 Å². The molecule has 1 saturated heterocycles. The number of unbranched alkanes of at least 4 members (excludes halogenated alkanes) is 1. The van der Waals surface area contributed by atoms with Gasteiger partial charge < -0.3 is 19.7 Å². The van der Waals surface area contributed by atoms with Gasteiger partial charge in [-0.3, -0.25) is 15.0 Å². The Morgan fingerprint density at radius 3 is 2.58 bits per heavy atom. The van der Waals surface area contributed by atoms with Crippen molar-refractivity contribution >= 4 is 45.8 Å². The van der Waals surface area contributed by atoms with Crippen LogP contribution >= 0.6 is 11.6 Å². The first kappa shape index (κ1) is 29.2. The van der Waals surface area contributed by atoms with Gasteiger partial charge in [-0.2, -0.15) is 0 Å². The third-order valence-corrected chi connectivity index (χ3v) is 6.53. The fraction of sp³-hybridized carbons (Fsp3) is 0.444. The number of halogens is 2. The number of aromatic nitrogens is 2. The van der Waals surface area contributed by atoms with Crippen LogP contribution < -0.4 is 10.1 Å². The van der Waals surface area contributed by atoms with Gasteiger partial charge in [0.2, 0.25) is 0 Å². The summed E-state index contributed by atoms with van der Waals surface area (Å²) < 4.78 is 24.8. The van der Waals surface area contributed by atoms with Crippen molar-refractivity contribution in [1.29, 1.82) is 0 Å². The summed E-state index contributed by atoms with van der Waals surface area (Å²) >= 11 is 5.86. The van der Waals surface area contributed by atoms with E-state index in [-0.39, 0.29) is 22.6 Å². The number of anilines is 2. The quantitative estimate of drug-likeness (QED) is 0.192. The zero-order chi connectivity index (χ0) is 28.9. The Labute approximate surface area is 236 Å². The molecule has 0 bridgehead atoms. The SMILES string of the molecule is CC(C)(C)OC(=O)N1CCN(CCCCOc2cc3ncnc(Nc4ccc(F)c(Cl)c4)c3cc2[N+](=O)[O-])CC1. The highest BCUT2D eigenvalue weighted by molar-refractivity contribution is 6.31. The smallest absolute Gasteiger partial charge is 0.410 e. The summed E-state index contributed by atoms with van der Waals surface area (Å²) in [6, 6.07) is 6.99. The van der Waals surface area contributed by atoms with Crippen LogP contribution in [-0.4, -0.2) is 75.7 Å². The fourth-order valence-corrected chi connectivity index (χ4v) is 4.42. The highest BCUT2D eigenvalue weighted by Gasteiger charge is 2.25. The highest BCUT2D eigenvalue weighted by Crippen LogP contribution is 2.35. The molecule has 0 aliphatic carbocycles. The maximum absolute atomic E-state index is 13.5. The van der Waals surface area contributed by atoms with Gasteiger partial charge >= 0.3 is 11.8 Å². The van der Waals surface area contributed by atoms with Gasteiger partial charge in [0, 0.05) is 44.0 Å². The number of carbonyl (C=O) groups excluding carboxylic acids is 1. The normalized spacial score (nSPS) is 14.3. The zero-order valence-corrected chi connectivity index (χ0v) is 23.4. The van der Waals surface area contributed by atoms with Crippen LogP contribution in [0.2, 0.25) is 5.02 Å². The maximum Gasteiger partial charge on any atom is 0.410 e. The Morgan fingerprint density at radius 1 is 1.15 bits per heavy atom. The van der Waals surface area contributed by atoms with Gasteiger partial charge in [-0.25, -0.2) is 19.2 Å². The van der Waals surface area contributed by atoms with Crippen molar-refractivity contribution in [3.8, 4) is 5.75 Å². The minimum absolute atomic E-state index is 0.0620. The largest absolute Gasteiger partial charge is 0.487 e. The first-order chi connectivity index (χ1) is 19.0. The van der Waals surface area contributed by atoms with Crippen molar-refractivity contribution in [2.45, 2.75) is 39.2 Å². The van der Waals surface area contributed by atoms with Crippen LogP contribution in [0.3, 0.4) is 0 Å². The lowest BCUT2D eigenvalue weighted by molar-refractivity contribution is -0.385. The van der Waals surface area contributed by atoms with Crippen LogP contribution in [0.4, 0.5) is 26.4 Å². The predicted octanol–water partition coefficient (Wildman–Crippen LogP) is 5.79. The van der Waals surface area contributed by atoms with E-state index < -0.39 is 16.3 Å². The first-order valence-corrected chi connectivity index (χ1v) is 13.4. The number of nitro benzene ring substituents is 1. The van der Waals surface area contributed by atoms with E-state index in [2.05, 4.69) is 20.2 Å². The number of nitro groups is 1. The Balaban J connectivity index is 1.32. The lowest BCUT2D eigenvalue weighted by Gasteiger charge is -2.35. The molecule has 0 radical (unpaired) electrons. The number of nitrogens with one attached hydrogen (secondary N) is 1. The topological polar surface area (TPSA) is 123 Å². The van der Waals surface area contributed by atoms with E-state index in [1.807, 2.05) is 20.8 Å². The van der Waals surface area contributed by atoms with Crippen LogP contribution in [-0.2, 0) is 4.74 Å². The minimum Gasteiger partial charge on any atom is -0.487 e. The molecular weight excluding hydrogens is 543 g/mol. The summed E-state index contributed by atoms with van der Waals surface area (Å²) in [5.74, 6) is -0.120. The number of piperazine rings is 1. The Morgan fingerprint density at radius 2 is 1.90 bits per heavy atom. The summed E-state index contributed by atoms with van der Waals surface area (Å²) in [5.41, 5.74) is 0.203. The van der Waals surface area contributed by atoms with Crippen molar-refractivity contribution < 1.29 is 23.6 Å². The third-order valence-electron chi connectivity index (χ3n) is 6.25. The van der Waals surface area contributed by atoms with Crippen molar-refractivity contribution in [3.63, 3.8) is 0 Å². The number of hydrogen-bond acceptors (Lipinski definition) is 9. The molecule has 2 aromatic carbocycles. The van der Waals surface area contributed by atoms with Crippen LogP contribution in [0, 0.1) is 15.9 Å². The average molecular weight is 575 g/mol. The van der Waals surface area contributed by atoms with E-state index in [9.17, 15) is 19.3 Å². The molecule has 214 valence electrons. The summed E-state index contributed by atoms with van der Waals surface area (Å²) in [4.78, 5) is 36.0. The molecule has 1 aliphatic heterocycles. The van der Waals surface area contributed by atoms with Crippen LogP contribution in [0.1, 0.15) is 33.6 Å². The van der Waals surface area contributed by atoms with Crippen molar-refractivity contribution in [2.24, 2.45) is 0 Å². The first-order valence-electron chi connectivity index (χ1n) is 13.0. The van der Waals surface area contributed by atoms with Gasteiger partial charge in [0.25, 0.3) is 0 Å². The molecule has 3 aromatic rings. The molecule has 1 aliphatic rings. The average Bonchev–Trinajstić information content (AvgIpc) is 2.89. The van der Waals surface area contributed by atoms with E-state index in [1.165, 1.54) is 36.7 Å². The predicted molar refractivity (Wildman–Crippen MR) is 150 cm³/mol. The summed E-state index contributed by atoms with van der Waals surface area (Å²) in [5, 5.41) is 15.2. The molecule has 0 spiro atoms. The second-order valence-corrected chi connectivity index (χ2v) is 10.8. The second-order valence-electron chi connectivity index (χ2n) is 10.4. The van der Waals surface area contributed by atoms with Gasteiger partial charge in [0.15, 0.2) is 5.75 Å². The molecule has 1 aromatic heterocycles. The molecule has 0 unspecified atom stereocenters. The number of nitrogens with zero attached hydrogens (tertiary/aromatic N) is 5. The molecule has 1 fully saturated rings. The molecule has 0 atom stereocenters. The maximum atomic E-state index is 13.5. The highest BCUT2D eigenvalue weighted by atomic mass is 35.5. The van der Waals surface area contributed by atoms with Gasteiger partial charge in [0.05, 0.1) is 27.5 Å². The molecule has 0 saturated carbocycles. The fourth-order valence-electron chi connectivity index (χ4n) is 4.24. The summed E-state index contributed by atoms with van der Waals surface area (Å²) in [6.45, 7) is 9.44. The van der Waals surface area contributed by atoms with E-state index in [4.69, 9.17) is 21.1 Å². The molecule has 11 nitrogen and oxygen atoms in total. The minimum atomic E-state index is -0.557. The van der Waals surface area contributed by atoms with E-state index >= 15 is 0 Å². The van der Waals surface area contributed by atoms with E-state index in [0.717, 1.165) is 26.1 Å². The van der Waals surface area contributed by atoms with Crippen LogP contribution in [0.15, 0.2) is 36.7 Å². The lowest BCUT2D eigenvalue weighted by atomic mass is 10.2. The number of ether oxygens (including phenoxy) is 2. The van der Waals surface area contributed by atoms with Gasteiger partial charge in [0.1, 0.15) is 23.6 Å². The Bertz CT molecular complexity index is 1380. The number of fused-ring (bicyclic) bond motifs is 1. The van der Waals surface area contributed by atoms with Gasteiger partial charge in [-0.1, -0.05) is 11.6 Å². The second kappa shape index (κ2) is 12.6. The number of hydrogen-bond donors (Lipinski definition) is 1. The molecular formula is C27H32ClFN6O5. The molecule has 40 heavy (non-hydrogen) atoms. The monoisotopic (exact) mass is 574 g/mol. The van der Waals surface area contributed by atoms with Crippen molar-refractivity contribution in [1.82, 2.24) is 19.8 Å². The Hall–Kier alpha value is -3.77. The third kappa shape index (κ3) is 7.66.